The van der Waals surface area contributed by atoms with E-state index in [1.165, 1.54) is 7.11 Å². The number of carbonyl (C=O) groups excluding carboxylic acids is 1. The smallest absolute Gasteiger partial charge is 0.320 e. The Morgan fingerprint density at radius 2 is 2.00 bits per heavy atom. The van der Waals surface area contributed by atoms with Crippen LogP contribution in [-0.2, 0) is 14.9 Å². The first-order valence-electron chi connectivity index (χ1n) is 5.28. The van der Waals surface area contributed by atoms with E-state index in [1.54, 1.807) is 0 Å². The number of carbonyl (C=O) groups is 1. The SMILES string of the molecule is COC(=O)C1(c2ccccc2)C=CC=CC1. The van der Waals surface area contributed by atoms with Gasteiger partial charge in [0.25, 0.3) is 0 Å². The molecule has 0 amide bonds. The summed E-state index contributed by atoms with van der Waals surface area (Å²) >= 11 is 0. The summed E-state index contributed by atoms with van der Waals surface area (Å²) in [6, 6.07) is 9.73. The van der Waals surface area contributed by atoms with Gasteiger partial charge in [-0.3, -0.25) is 4.79 Å². The number of hydrogen-bond donors (Lipinski definition) is 0. The zero-order chi connectivity index (χ0) is 11.4. The molecule has 0 saturated heterocycles. The molecule has 1 aliphatic rings. The second-order valence-electron chi connectivity index (χ2n) is 3.82. The predicted molar refractivity (Wildman–Crippen MR) is 63.0 cm³/mol. The molecule has 2 heteroatoms. The van der Waals surface area contributed by atoms with Crippen molar-refractivity contribution < 1.29 is 9.53 Å². The molecule has 0 fully saturated rings. The molecule has 0 aliphatic heterocycles. The first-order chi connectivity index (χ1) is 7.79. The maximum absolute atomic E-state index is 12.0. The summed E-state index contributed by atoms with van der Waals surface area (Å²) in [5.74, 6) is -0.209. The molecule has 1 aromatic rings. The average Bonchev–Trinajstić information content (AvgIpc) is 2.39. The number of hydrogen-bond acceptors (Lipinski definition) is 2. The minimum atomic E-state index is -0.648. The second kappa shape index (κ2) is 4.35. The van der Waals surface area contributed by atoms with Gasteiger partial charge in [-0.25, -0.2) is 0 Å². The van der Waals surface area contributed by atoms with Gasteiger partial charge in [0.2, 0.25) is 0 Å². The first kappa shape index (κ1) is 10.7. The predicted octanol–water partition coefficient (Wildman–Crippen LogP) is 2.61. The van der Waals surface area contributed by atoms with Gasteiger partial charge in [-0.15, -0.1) is 0 Å². The minimum Gasteiger partial charge on any atom is -0.468 e. The molecule has 0 spiro atoms. The van der Waals surface area contributed by atoms with Crippen LogP contribution in [0.2, 0.25) is 0 Å². The van der Waals surface area contributed by atoms with Crippen molar-refractivity contribution in [3.8, 4) is 0 Å². The molecule has 0 N–H and O–H groups in total. The Kier molecular flexibility index (Phi) is 2.91. The lowest BCUT2D eigenvalue weighted by Gasteiger charge is -2.28. The van der Waals surface area contributed by atoms with E-state index >= 15 is 0 Å². The van der Waals surface area contributed by atoms with Crippen molar-refractivity contribution in [2.75, 3.05) is 7.11 Å². The van der Waals surface area contributed by atoms with E-state index in [-0.39, 0.29) is 5.97 Å². The molecule has 16 heavy (non-hydrogen) atoms. The molecule has 1 unspecified atom stereocenters. The lowest BCUT2D eigenvalue weighted by atomic mass is 9.75. The van der Waals surface area contributed by atoms with Crippen molar-refractivity contribution in [1.82, 2.24) is 0 Å². The van der Waals surface area contributed by atoms with Crippen LogP contribution in [0.4, 0.5) is 0 Å². The topological polar surface area (TPSA) is 26.3 Å². The van der Waals surface area contributed by atoms with Crippen LogP contribution in [0.25, 0.3) is 0 Å². The van der Waals surface area contributed by atoms with Crippen molar-refractivity contribution >= 4 is 5.97 Å². The number of esters is 1. The van der Waals surface area contributed by atoms with Gasteiger partial charge in [0.05, 0.1) is 7.11 Å². The molecule has 0 radical (unpaired) electrons. The van der Waals surface area contributed by atoms with E-state index in [1.807, 2.05) is 54.6 Å². The monoisotopic (exact) mass is 214 g/mol. The molecule has 82 valence electrons. The van der Waals surface area contributed by atoms with Crippen molar-refractivity contribution in [2.45, 2.75) is 11.8 Å². The molecule has 0 heterocycles. The molecule has 2 nitrogen and oxygen atoms in total. The van der Waals surface area contributed by atoms with Gasteiger partial charge in [0.15, 0.2) is 0 Å². The summed E-state index contributed by atoms with van der Waals surface area (Å²) in [5.41, 5.74) is 0.326. The maximum atomic E-state index is 12.0. The van der Waals surface area contributed by atoms with E-state index < -0.39 is 5.41 Å². The Hall–Kier alpha value is -1.83. The van der Waals surface area contributed by atoms with Crippen molar-refractivity contribution in [2.24, 2.45) is 0 Å². The lowest BCUT2D eigenvalue weighted by molar-refractivity contribution is -0.145. The first-order valence-corrected chi connectivity index (χ1v) is 5.28. The minimum absolute atomic E-state index is 0.209. The highest BCUT2D eigenvalue weighted by Gasteiger charge is 2.38. The van der Waals surface area contributed by atoms with Crippen LogP contribution in [0.15, 0.2) is 54.6 Å². The van der Waals surface area contributed by atoms with Crippen molar-refractivity contribution in [3.63, 3.8) is 0 Å². The van der Waals surface area contributed by atoms with Crippen LogP contribution in [0, 0.1) is 0 Å². The van der Waals surface area contributed by atoms with Crippen LogP contribution in [-0.4, -0.2) is 13.1 Å². The van der Waals surface area contributed by atoms with Crippen LogP contribution in [0.5, 0.6) is 0 Å². The highest BCUT2D eigenvalue weighted by atomic mass is 16.5. The summed E-state index contributed by atoms with van der Waals surface area (Å²) in [6.45, 7) is 0. The van der Waals surface area contributed by atoms with Gasteiger partial charge in [-0.1, -0.05) is 54.6 Å². The molecule has 1 aromatic carbocycles. The number of ether oxygens (including phenoxy) is 1. The molecule has 0 aromatic heterocycles. The van der Waals surface area contributed by atoms with Gasteiger partial charge < -0.3 is 4.74 Å². The Morgan fingerprint density at radius 3 is 2.56 bits per heavy atom. The average molecular weight is 214 g/mol. The molecular formula is C14H14O2. The molecule has 0 bridgehead atoms. The highest BCUT2D eigenvalue weighted by molar-refractivity contribution is 5.86. The van der Waals surface area contributed by atoms with Crippen molar-refractivity contribution in [3.05, 3.63) is 60.2 Å². The molecule has 2 rings (SSSR count). The third-order valence-electron chi connectivity index (χ3n) is 2.91. The number of benzene rings is 1. The summed E-state index contributed by atoms with van der Waals surface area (Å²) in [4.78, 5) is 12.0. The fraction of sp³-hybridized carbons (Fsp3) is 0.214. The third kappa shape index (κ3) is 1.67. The Balaban J connectivity index is 2.47. The fourth-order valence-corrected chi connectivity index (χ4v) is 2.02. The molecule has 1 atom stereocenters. The molecule has 0 saturated carbocycles. The Morgan fingerprint density at radius 1 is 1.25 bits per heavy atom. The van der Waals surface area contributed by atoms with Gasteiger partial charge >= 0.3 is 5.97 Å². The van der Waals surface area contributed by atoms with Gasteiger partial charge in [0.1, 0.15) is 5.41 Å². The normalized spacial score (nSPS) is 23.1. The van der Waals surface area contributed by atoms with E-state index in [2.05, 4.69) is 0 Å². The van der Waals surface area contributed by atoms with Gasteiger partial charge in [0, 0.05) is 0 Å². The lowest BCUT2D eigenvalue weighted by Crippen LogP contribution is -2.35. The maximum Gasteiger partial charge on any atom is 0.320 e. The summed E-state index contributed by atoms with van der Waals surface area (Å²) in [6.07, 6.45) is 8.40. The van der Waals surface area contributed by atoms with E-state index in [9.17, 15) is 4.79 Å². The van der Waals surface area contributed by atoms with Gasteiger partial charge in [-0.05, 0) is 12.0 Å². The number of rotatable bonds is 2. The number of allylic oxidation sites excluding steroid dienone is 3. The second-order valence-corrected chi connectivity index (χ2v) is 3.82. The van der Waals surface area contributed by atoms with Crippen LogP contribution < -0.4 is 0 Å². The highest BCUT2D eigenvalue weighted by Crippen LogP contribution is 2.33. The molecule has 1 aliphatic carbocycles. The zero-order valence-corrected chi connectivity index (χ0v) is 9.22. The van der Waals surface area contributed by atoms with Crippen LogP contribution in [0.1, 0.15) is 12.0 Å². The largest absolute Gasteiger partial charge is 0.468 e. The Labute approximate surface area is 95.2 Å². The zero-order valence-electron chi connectivity index (χ0n) is 9.22. The van der Waals surface area contributed by atoms with Crippen LogP contribution in [0.3, 0.4) is 0 Å². The quantitative estimate of drug-likeness (QED) is 0.707. The van der Waals surface area contributed by atoms with Crippen LogP contribution >= 0.6 is 0 Å². The van der Waals surface area contributed by atoms with Gasteiger partial charge in [-0.2, -0.15) is 0 Å². The van der Waals surface area contributed by atoms with E-state index in [4.69, 9.17) is 4.74 Å². The van der Waals surface area contributed by atoms with Crippen molar-refractivity contribution in [1.29, 1.82) is 0 Å². The third-order valence-corrected chi connectivity index (χ3v) is 2.91. The number of methoxy groups -OCH3 is 1. The summed E-state index contributed by atoms with van der Waals surface area (Å²) < 4.78 is 4.92. The summed E-state index contributed by atoms with van der Waals surface area (Å²) in [5, 5.41) is 0. The molecular weight excluding hydrogens is 200 g/mol. The Bertz CT molecular complexity index is 431. The summed E-state index contributed by atoms with van der Waals surface area (Å²) in [7, 11) is 1.43. The van der Waals surface area contributed by atoms with E-state index in [0.29, 0.717) is 6.42 Å². The van der Waals surface area contributed by atoms with E-state index in [0.717, 1.165) is 5.56 Å². The fourth-order valence-electron chi connectivity index (χ4n) is 2.02. The standard InChI is InChI=1S/C14H14O2/c1-16-13(15)14(10-6-3-7-11-14)12-8-4-2-5-9-12/h2-10H,11H2,1H3.